The largest absolute Gasteiger partial charge is 0.296 e. The van der Waals surface area contributed by atoms with E-state index >= 15 is 0 Å². The lowest BCUT2D eigenvalue weighted by Gasteiger charge is -2.34. The predicted octanol–water partition coefficient (Wildman–Crippen LogP) is 1.53. The molecule has 25 heavy (non-hydrogen) atoms. The molecule has 0 radical (unpaired) electrons. The maximum Gasteiger partial charge on any atom is 0.279 e. The normalized spacial score (nSPS) is 21.9. The zero-order chi connectivity index (χ0) is 18.1. The van der Waals surface area contributed by atoms with Crippen molar-refractivity contribution in [1.82, 2.24) is 23.7 Å². The van der Waals surface area contributed by atoms with E-state index in [1.807, 2.05) is 10.9 Å². The van der Waals surface area contributed by atoms with Crippen LogP contribution in [-0.2, 0) is 22.3 Å². The first-order valence-corrected chi connectivity index (χ1v) is 10.7. The van der Waals surface area contributed by atoms with Crippen LogP contribution >= 0.6 is 0 Å². The van der Waals surface area contributed by atoms with Crippen LogP contribution in [0.2, 0.25) is 0 Å². The summed E-state index contributed by atoms with van der Waals surface area (Å²) in [7, 11) is -3.34. The quantitative estimate of drug-likeness (QED) is 0.855. The molecule has 2 heterocycles. The molecule has 0 bridgehead atoms. The molecular formula is C17H31N5O2S. The highest BCUT2D eigenvalue weighted by atomic mass is 32.2. The molecule has 7 nitrogen and oxygen atoms in total. The van der Waals surface area contributed by atoms with Gasteiger partial charge in [0, 0.05) is 50.5 Å². The van der Waals surface area contributed by atoms with Crippen LogP contribution in [0.25, 0.3) is 0 Å². The maximum absolute atomic E-state index is 12.5. The molecule has 1 saturated carbocycles. The molecule has 8 heteroatoms. The third-order valence-electron chi connectivity index (χ3n) is 5.07. The van der Waals surface area contributed by atoms with Crippen LogP contribution in [0.5, 0.6) is 0 Å². The van der Waals surface area contributed by atoms with Crippen molar-refractivity contribution in [2.24, 2.45) is 0 Å². The van der Waals surface area contributed by atoms with Crippen molar-refractivity contribution < 1.29 is 8.42 Å². The Balaban J connectivity index is 1.50. The Kier molecular flexibility index (Phi) is 5.53. The lowest BCUT2D eigenvalue weighted by Crippen LogP contribution is -2.53. The molecule has 0 unspecified atom stereocenters. The second kappa shape index (κ2) is 7.34. The van der Waals surface area contributed by atoms with E-state index in [-0.39, 0.29) is 11.6 Å². The van der Waals surface area contributed by atoms with Crippen LogP contribution in [0, 0.1) is 0 Å². The van der Waals surface area contributed by atoms with Gasteiger partial charge in [-0.3, -0.25) is 9.58 Å². The van der Waals surface area contributed by atoms with E-state index in [0.29, 0.717) is 13.1 Å². The van der Waals surface area contributed by atoms with Gasteiger partial charge >= 0.3 is 0 Å². The summed E-state index contributed by atoms with van der Waals surface area (Å²) in [4.78, 5) is 2.30. The first kappa shape index (κ1) is 18.8. The van der Waals surface area contributed by atoms with Crippen LogP contribution in [0.15, 0.2) is 12.4 Å². The second-order valence-electron chi connectivity index (χ2n) is 8.24. The van der Waals surface area contributed by atoms with E-state index in [0.717, 1.165) is 45.3 Å². The molecule has 2 fully saturated rings. The molecule has 0 spiro atoms. The van der Waals surface area contributed by atoms with E-state index in [9.17, 15) is 8.42 Å². The minimum Gasteiger partial charge on any atom is -0.296 e. The van der Waals surface area contributed by atoms with E-state index < -0.39 is 10.2 Å². The van der Waals surface area contributed by atoms with Crippen molar-refractivity contribution in [3.63, 3.8) is 0 Å². The first-order valence-electron chi connectivity index (χ1n) is 9.28. The van der Waals surface area contributed by atoms with Crippen molar-refractivity contribution in [3.8, 4) is 0 Å². The van der Waals surface area contributed by atoms with Gasteiger partial charge in [0.05, 0.1) is 11.7 Å². The van der Waals surface area contributed by atoms with Gasteiger partial charge in [0.25, 0.3) is 10.2 Å². The Bertz CT molecular complexity index is 665. The summed E-state index contributed by atoms with van der Waals surface area (Å²) in [5.74, 6) is 0. The van der Waals surface area contributed by atoms with Crippen molar-refractivity contribution in [1.29, 1.82) is 0 Å². The molecule has 3 rings (SSSR count). The topological polar surface area (TPSA) is 70.5 Å². The van der Waals surface area contributed by atoms with Crippen LogP contribution in [0.1, 0.15) is 52.0 Å². The number of aromatic nitrogens is 2. The van der Waals surface area contributed by atoms with E-state index in [1.165, 1.54) is 5.56 Å². The lowest BCUT2D eigenvalue weighted by atomic mass is 10.1. The number of hydrogen-bond donors (Lipinski definition) is 1. The van der Waals surface area contributed by atoms with Gasteiger partial charge in [-0.2, -0.15) is 22.5 Å². The molecular weight excluding hydrogens is 338 g/mol. The monoisotopic (exact) mass is 369 g/mol. The van der Waals surface area contributed by atoms with Gasteiger partial charge in [-0.1, -0.05) is 12.8 Å². The van der Waals surface area contributed by atoms with Crippen molar-refractivity contribution >= 4 is 10.2 Å². The minimum absolute atomic E-state index is 0.0169. The third-order valence-corrected chi connectivity index (χ3v) is 6.75. The lowest BCUT2D eigenvalue weighted by molar-refractivity contribution is 0.180. The Labute approximate surface area is 151 Å². The Morgan fingerprint density at radius 1 is 1.16 bits per heavy atom. The number of rotatable bonds is 5. The SMILES string of the molecule is CC(C)(C)n1cc(CN2CCN(S(=O)(=O)NC3CCCC3)CC2)cn1. The molecule has 1 aliphatic carbocycles. The first-order chi connectivity index (χ1) is 11.7. The molecule has 0 amide bonds. The van der Waals surface area contributed by atoms with E-state index in [2.05, 4.69) is 41.7 Å². The highest BCUT2D eigenvalue weighted by molar-refractivity contribution is 7.87. The standard InChI is InChI=1S/C17H31N5O2S/c1-17(2,3)22-14-15(12-18-22)13-20-8-10-21(11-9-20)25(23,24)19-16-6-4-5-7-16/h12,14,16,19H,4-11,13H2,1-3H3. The van der Waals surface area contributed by atoms with Crippen molar-refractivity contribution in [2.75, 3.05) is 26.2 Å². The second-order valence-corrected chi connectivity index (χ2v) is 9.95. The highest BCUT2D eigenvalue weighted by Crippen LogP contribution is 2.20. The summed E-state index contributed by atoms with van der Waals surface area (Å²) < 4.78 is 31.5. The fourth-order valence-electron chi connectivity index (χ4n) is 3.52. The molecule has 1 N–H and O–H groups in total. The zero-order valence-corrected chi connectivity index (χ0v) is 16.4. The molecule has 1 aliphatic heterocycles. The molecule has 1 aromatic rings. The summed E-state index contributed by atoms with van der Waals surface area (Å²) in [6, 6.07) is 0.131. The van der Waals surface area contributed by atoms with Gasteiger partial charge in [0.1, 0.15) is 0 Å². The Hall–Kier alpha value is -0.960. The van der Waals surface area contributed by atoms with Gasteiger partial charge < -0.3 is 0 Å². The number of piperazine rings is 1. The summed E-state index contributed by atoms with van der Waals surface area (Å²) in [5.41, 5.74) is 1.16. The average Bonchev–Trinajstić information content (AvgIpc) is 3.18. The number of nitrogens with one attached hydrogen (secondary N) is 1. The minimum atomic E-state index is -3.34. The van der Waals surface area contributed by atoms with Gasteiger partial charge in [-0.25, -0.2) is 0 Å². The van der Waals surface area contributed by atoms with Gasteiger partial charge in [-0.15, -0.1) is 0 Å². The average molecular weight is 370 g/mol. The fourth-order valence-corrected chi connectivity index (χ4v) is 4.97. The molecule has 0 aromatic carbocycles. The summed E-state index contributed by atoms with van der Waals surface area (Å²) >= 11 is 0. The predicted molar refractivity (Wildman–Crippen MR) is 98.4 cm³/mol. The van der Waals surface area contributed by atoms with Crippen LogP contribution in [0.3, 0.4) is 0 Å². The summed E-state index contributed by atoms with van der Waals surface area (Å²) in [5, 5.41) is 4.44. The molecule has 1 aromatic heterocycles. The van der Waals surface area contributed by atoms with Crippen LogP contribution < -0.4 is 4.72 Å². The Morgan fingerprint density at radius 2 is 1.80 bits per heavy atom. The third kappa shape index (κ3) is 4.81. The van der Waals surface area contributed by atoms with Gasteiger partial charge in [-0.05, 0) is 33.6 Å². The molecule has 2 aliphatic rings. The van der Waals surface area contributed by atoms with Crippen molar-refractivity contribution in [2.45, 2.75) is 64.6 Å². The summed E-state index contributed by atoms with van der Waals surface area (Å²) in [6.45, 7) is 9.82. The zero-order valence-electron chi connectivity index (χ0n) is 15.6. The Morgan fingerprint density at radius 3 is 2.36 bits per heavy atom. The fraction of sp³-hybridized carbons (Fsp3) is 0.824. The number of hydrogen-bond acceptors (Lipinski definition) is 4. The van der Waals surface area contributed by atoms with Crippen LogP contribution in [0.4, 0.5) is 0 Å². The summed E-state index contributed by atoms with van der Waals surface area (Å²) in [6.07, 6.45) is 8.20. The van der Waals surface area contributed by atoms with Crippen LogP contribution in [-0.4, -0.2) is 59.6 Å². The van der Waals surface area contributed by atoms with Gasteiger partial charge in [0.15, 0.2) is 0 Å². The molecule has 0 atom stereocenters. The molecule has 142 valence electrons. The van der Waals surface area contributed by atoms with E-state index in [4.69, 9.17) is 0 Å². The van der Waals surface area contributed by atoms with Crippen molar-refractivity contribution in [3.05, 3.63) is 18.0 Å². The van der Waals surface area contributed by atoms with Gasteiger partial charge in [0.2, 0.25) is 0 Å². The number of nitrogens with zero attached hydrogens (tertiary/aromatic N) is 4. The smallest absolute Gasteiger partial charge is 0.279 e. The van der Waals surface area contributed by atoms with E-state index in [1.54, 1.807) is 4.31 Å². The highest BCUT2D eigenvalue weighted by Gasteiger charge is 2.30. The molecule has 1 saturated heterocycles. The maximum atomic E-state index is 12.5.